The molecule has 0 aromatic carbocycles. The summed E-state index contributed by atoms with van der Waals surface area (Å²) in [6.07, 6.45) is -22.2. The normalized spacial score (nSPS) is 55.5. The zero-order chi connectivity index (χ0) is 18.9. The largest absolute Gasteiger partial charge is 0.387 e. The summed E-state index contributed by atoms with van der Waals surface area (Å²) >= 11 is 0. The summed E-state index contributed by atoms with van der Waals surface area (Å²) in [5.74, 6) is 0. The minimum Gasteiger partial charge on any atom is -0.387 e. The Kier molecular flexibility index (Phi) is 7.37. The molecule has 0 saturated heterocycles. The van der Waals surface area contributed by atoms with Gasteiger partial charge in [0.05, 0.1) is 0 Å². The molecule has 0 unspecified atom stereocenters. The Balaban J connectivity index is 0.000000240. The Morgan fingerprint density at radius 2 is 0.417 bits per heavy atom. The molecule has 10 N–H and O–H groups in total. The molecular weight excluding hydrogens is 342 g/mol. The first-order valence-electron chi connectivity index (χ1n) is 7.02. The van der Waals surface area contributed by atoms with E-state index < -0.39 is 73.4 Å². The monoisotopic (exact) mass is 364 g/mol. The highest BCUT2D eigenvalue weighted by Crippen LogP contribution is 2.24. The van der Waals surface area contributed by atoms with Gasteiger partial charge in [-0.05, 0) is 0 Å². The molecule has 2 fully saturated rings. The summed E-state index contributed by atoms with van der Waals surface area (Å²) in [6.45, 7) is 0. The predicted molar refractivity (Wildman–Crippen MR) is 69.9 cm³/mol. The number of alkyl halides is 2. The number of halogens is 2. The van der Waals surface area contributed by atoms with E-state index in [1.54, 1.807) is 0 Å². The second-order valence-electron chi connectivity index (χ2n) is 5.79. The van der Waals surface area contributed by atoms with Crippen LogP contribution in [0.15, 0.2) is 0 Å². The minimum atomic E-state index is -2.14. The number of hydrogen-bond acceptors (Lipinski definition) is 10. The van der Waals surface area contributed by atoms with Gasteiger partial charge in [-0.1, -0.05) is 0 Å². The molecule has 2 rings (SSSR count). The smallest absolute Gasteiger partial charge is 0.157 e. The molecule has 24 heavy (non-hydrogen) atoms. The molecule has 0 amide bonds. The Bertz CT molecular complexity index is 251. The lowest BCUT2D eigenvalue weighted by molar-refractivity contribution is -0.206. The maximum absolute atomic E-state index is 12.7. The molecule has 0 heterocycles. The van der Waals surface area contributed by atoms with Crippen molar-refractivity contribution in [3.8, 4) is 0 Å². The summed E-state index contributed by atoms with van der Waals surface area (Å²) in [5.41, 5.74) is 0. The Morgan fingerprint density at radius 3 is 0.583 bits per heavy atom. The molecule has 0 spiro atoms. The highest BCUT2D eigenvalue weighted by atomic mass is 19.1. The maximum Gasteiger partial charge on any atom is 0.157 e. The molecule has 144 valence electrons. The molecule has 10 nitrogen and oxygen atoms in total. The van der Waals surface area contributed by atoms with E-state index in [1.165, 1.54) is 0 Å². The van der Waals surface area contributed by atoms with Crippen LogP contribution in [0.25, 0.3) is 0 Å². The van der Waals surface area contributed by atoms with E-state index in [-0.39, 0.29) is 0 Å². The third kappa shape index (κ3) is 3.99. The first-order valence-corrected chi connectivity index (χ1v) is 7.02. The van der Waals surface area contributed by atoms with E-state index in [4.69, 9.17) is 51.1 Å². The standard InChI is InChI=1S/2C6H11FO5/c2*7-1-2(8)4(10)6(12)5(11)3(1)9/h2*1-6,8-12H/t2*1?,2-,3-,4+,5+,6?/m11/s1. The Hall–Kier alpha value is -0.540. The van der Waals surface area contributed by atoms with Crippen molar-refractivity contribution in [1.82, 2.24) is 0 Å². The Labute approximate surface area is 134 Å². The molecule has 2 aliphatic carbocycles. The van der Waals surface area contributed by atoms with Crippen molar-refractivity contribution in [3.63, 3.8) is 0 Å². The molecule has 2 saturated carbocycles. The van der Waals surface area contributed by atoms with E-state index in [2.05, 4.69) is 0 Å². The zero-order valence-electron chi connectivity index (χ0n) is 12.2. The molecule has 0 aromatic heterocycles. The van der Waals surface area contributed by atoms with Crippen LogP contribution >= 0.6 is 0 Å². The Morgan fingerprint density at radius 1 is 0.292 bits per heavy atom. The van der Waals surface area contributed by atoms with Gasteiger partial charge in [0.2, 0.25) is 0 Å². The quantitative estimate of drug-likeness (QED) is 0.197. The molecule has 0 aliphatic heterocycles. The van der Waals surface area contributed by atoms with Gasteiger partial charge in [-0.3, -0.25) is 0 Å². The lowest BCUT2D eigenvalue weighted by Gasteiger charge is -2.38. The molecule has 0 aromatic rings. The topological polar surface area (TPSA) is 202 Å². The van der Waals surface area contributed by atoms with Crippen molar-refractivity contribution in [2.45, 2.75) is 73.4 Å². The van der Waals surface area contributed by atoms with Crippen LogP contribution in [-0.2, 0) is 0 Å². The molecule has 0 bridgehead atoms. The molecule has 0 radical (unpaired) electrons. The SMILES string of the molecule is OC1[C@@H](O)[C@H](O)C(F)[C@@H](O)[C@@H]1O.OC1[C@@H](O)[C@H](O)C(F)[C@@H](O)[C@@H]1O. The van der Waals surface area contributed by atoms with Crippen LogP contribution in [-0.4, -0.2) is 124 Å². The van der Waals surface area contributed by atoms with E-state index in [0.29, 0.717) is 0 Å². The van der Waals surface area contributed by atoms with Crippen LogP contribution in [0.4, 0.5) is 8.78 Å². The van der Waals surface area contributed by atoms with Crippen LogP contribution in [0.2, 0.25) is 0 Å². The van der Waals surface area contributed by atoms with Crippen LogP contribution in [0.5, 0.6) is 0 Å². The van der Waals surface area contributed by atoms with Crippen LogP contribution in [0.1, 0.15) is 0 Å². The fourth-order valence-corrected chi connectivity index (χ4v) is 2.37. The average Bonchev–Trinajstić information content (AvgIpc) is 2.58. The van der Waals surface area contributed by atoms with Crippen molar-refractivity contribution in [2.75, 3.05) is 0 Å². The highest BCUT2D eigenvalue weighted by Gasteiger charge is 2.49. The summed E-state index contributed by atoms with van der Waals surface area (Å²) in [7, 11) is 0. The molecular formula is C12H22F2O10. The molecule has 12 heteroatoms. The van der Waals surface area contributed by atoms with Crippen molar-refractivity contribution in [2.24, 2.45) is 0 Å². The van der Waals surface area contributed by atoms with Crippen molar-refractivity contribution in [3.05, 3.63) is 0 Å². The van der Waals surface area contributed by atoms with E-state index in [0.717, 1.165) is 0 Å². The summed E-state index contributed by atoms with van der Waals surface area (Å²) < 4.78 is 25.4. The van der Waals surface area contributed by atoms with Gasteiger partial charge < -0.3 is 51.1 Å². The van der Waals surface area contributed by atoms with Crippen LogP contribution in [0.3, 0.4) is 0 Å². The first-order chi connectivity index (χ1) is 10.9. The lowest BCUT2D eigenvalue weighted by atomic mass is 9.86. The predicted octanol–water partition coefficient (Wildman–Crippen LogP) is -5.71. The fraction of sp³-hybridized carbons (Fsp3) is 1.00. The lowest BCUT2D eigenvalue weighted by Crippen LogP contribution is -2.62. The molecule has 8 atom stereocenters. The zero-order valence-corrected chi connectivity index (χ0v) is 12.2. The maximum atomic E-state index is 12.7. The third-order valence-electron chi connectivity index (χ3n) is 4.10. The summed E-state index contributed by atoms with van der Waals surface area (Å²) in [6, 6.07) is 0. The van der Waals surface area contributed by atoms with Gasteiger partial charge in [0, 0.05) is 0 Å². The van der Waals surface area contributed by atoms with Crippen LogP contribution < -0.4 is 0 Å². The van der Waals surface area contributed by atoms with Gasteiger partial charge in [0.25, 0.3) is 0 Å². The van der Waals surface area contributed by atoms with Crippen molar-refractivity contribution >= 4 is 0 Å². The third-order valence-corrected chi connectivity index (χ3v) is 4.10. The second kappa shape index (κ2) is 8.23. The van der Waals surface area contributed by atoms with E-state index in [9.17, 15) is 8.78 Å². The average molecular weight is 364 g/mol. The number of aliphatic hydroxyl groups is 10. The van der Waals surface area contributed by atoms with Crippen molar-refractivity contribution in [1.29, 1.82) is 0 Å². The molecule has 2 aliphatic rings. The summed E-state index contributed by atoms with van der Waals surface area (Å²) in [4.78, 5) is 0. The second-order valence-corrected chi connectivity index (χ2v) is 5.79. The number of aliphatic hydroxyl groups excluding tert-OH is 10. The number of rotatable bonds is 0. The van der Waals surface area contributed by atoms with E-state index in [1.807, 2.05) is 0 Å². The van der Waals surface area contributed by atoms with Gasteiger partial charge in [-0.25, -0.2) is 8.78 Å². The van der Waals surface area contributed by atoms with Crippen molar-refractivity contribution < 1.29 is 59.8 Å². The van der Waals surface area contributed by atoms with Gasteiger partial charge in [0.1, 0.15) is 61.0 Å². The minimum absolute atomic E-state index is 1.72. The summed E-state index contributed by atoms with van der Waals surface area (Å²) in [5, 5.41) is 88.8. The fourth-order valence-electron chi connectivity index (χ4n) is 2.37. The van der Waals surface area contributed by atoms with Gasteiger partial charge in [-0.15, -0.1) is 0 Å². The van der Waals surface area contributed by atoms with E-state index >= 15 is 0 Å². The first kappa shape index (κ1) is 21.5. The number of hydrogen-bond donors (Lipinski definition) is 10. The van der Waals surface area contributed by atoms with Crippen LogP contribution in [0, 0.1) is 0 Å². The van der Waals surface area contributed by atoms with Gasteiger partial charge >= 0.3 is 0 Å². The van der Waals surface area contributed by atoms with Gasteiger partial charge in [0.15, 0.2) is 12.3 Å². The highest BCUT2D eigenvalue weighted by molar-refractivity contribution is 4.99. The van der Waals surface area contributed by atoms with Gasteiger partial charge in [-0.2, -0.15) is 0 Å².